The summed E-state index contributed by atoms with van der Waals surface area (Å²) in [6.07, 6.45) is 0.992. The lowest BCUT2D eigenvalue weighted by Crippen LogP contribution is -2.25. The SMILES string of the molecule is N=C(c1cc(F)cc(Cl)c1N)C12CNCC1C2. The monoisotopic (exact) mass is 253 g/mol. The number of nitrogens with one attached hydrogen (secondary N) is 2. The van der Waals surface area contributed by atoms with E-state index in [0.29, 0.717) is 22.9 Å². The molecule has 1 saturated heterocycles. The van der Waals surface area contributed by atoms with Crippen LogP contribution in [-0.2, 0) is 0 Å². The first-order valence-electron chi connectivity index (χ1n) is 5.59. The van der Waals surface area contributed by atoms with Gasteiger partial charge in [0.1, 0.15) is 5.82 Å². The van der Waals surface area contributed by atoms with Gasteiger partial charge in [-0.2, -0.15) is 0 Å². The summed E-state index contributed by atoms with van der Waals surface area (Å²) in [6.45, 7) is 1.72. The molecular weight excluding hydrogens is 241 g/mol. The van der Waals surface area contributed by atoms with Crippen molar-refractivity contribution in [3.63, 3.8) is 0 Å². The number of benzene rings is 1. The fourth-order valence-electron chi connectivity index (χ4n) is 2.79. The van der Waals surface area contributed by atoms with Crippen LogP contribution in [0.5, 0.6) is 0 Å². The number of anilines is 1. The summed E-state index contributed by atoms with van der Waals surface area (Å²) in [4.78, 5) is 0. The van der Waals surface area contributed by atoms with E-state index in [4.69, 9.17) is 22.7 Å². The van der Waals surface area contributed by atoms with Crippen molar-refractivity contribution < 1.29 is 4.39 Å². The van der Waals surface area contributed by atoms with Gasteiger partial charge in [0.15, 0.2) is 0 Å². The van der Waals surface area contributed by atoms with Gasteiger partial charge < -0.3 is 16.5 Å². The highest BCUT2D eigenvalue weighted by atomic mass is 35.5. The van der Waals surface area contributed by atoms with E-state index in [1.807, 2.05) is 0 Å². The second kappa shape index (κ2) is 3.43. The maximum absolute atomic E-state index is 13.3. The highest BCUT2D eigenvalue weighted by Gasteiger charge is 2.60. The lowest BCUT2D eigenvalue weighted by Gasteiger charge is -2.16. The predicted octanol–water partition coefficient (Wildman–Crippen LogP) is 2.04. The molecule has 2 fully saturated rings. The summed E-state index contributed by atoms with van der Waals surface area (Å²) in [6, 6.07) is 2.49. The molecular formula is C12H13ClFN3. The third kappa shape index (κ3) is 1.47. The molecule has 2 atom stereocenters. The maximum atomic E-state index is 13.3. The van der Waals surface area contributed by atoms with E-state index in [1.165, 1.54) is 12.1 Å². The summed E-state index contributed by atoms with van der Waals surface area (Å²) < 4.78 is 13.3. The average molecular weight is 254 g/mol. The Hall–Kier alpha value is -1.13. The summed E-state index contributed by atoms with van der Waals surface area (Å²) in [7, 11) is 0. The standard InChI is InChI=1S/C12H13ClFN3/c13-9-2-7(14)1-8(10(9)15)11(16)12-3-6(12)4-17-5-12/h1-2,6,16-17H,3-5,15H2. The first-order chi connectivity index (χ1) is 8.04. The van der Waals surface area contributed by atoms with E-state index in [0.717, 1.165) is 19.5 Å². The molecule has 17 heavy (non-hydrogen) atoms. The Labute approximate surface area is 104 Å². The minimum absolute atomic E-state index is 0.134. The molecule has 1 aromatic carbocycles. The van der Waals surface area contributed by atoms with Crippen LogP contribution in [0, 0.1) is 22.6 Å². The van der Waals surface area contributed by atoms with Crippen molar-refractivity contribution in [3.05, 3.63) is 28.5 Å². The molecule has 1 aliphatic heterocycles. The molecule has 0 amide bonds. The van der Waals surface area contributed by atoms with Gasteiger partial charge in [-0.05, 0) is 31.0 Å². The van der Waals surface area contributed by atoms with Gasteiger partial charge in [0.2, 0.25) is 0 Å². The normalized spacial score (nSPS) is 30.1. The van der Waals surface area contributed by atoms with Crippen molar-refractivity contribution >= 4 is 23.0 Å². The van der Waals surface area contributed by atoms with Crippen LogP contribution in [0.2, 0.25) is 5.02 Å². The molecule has 0 spiro atoms. The molecule has 1 aliphatic carbocycles. The first kappa shape index (κ1) is 11.0. The topological polar surface area (TPSA) is 61.9 Å². The van der Waals surface area contributed by atoms with E-state index >= 15 is 0 Å². The molecule has 1 heterocycles. The van der Waals surface area contributed by atoms with E-state index in [1.54, 1.807) is 0 Å². The van der Waals surface area contributed by atoms with Gasteiger partial charge in [-0.3, -0.25) is 0 Å². The largest absolute Gasteiger partial charge is 0.397 e. The molecule has 1 saturated carbocycles. The first-order valence-corrected chi connectivity index (χ1v) is 5.97. The molecule has 5 heteroatoms. The number of fused-ring (bicyclic) bond motifs is 1. The Bertz CT molecular complexity index is 517. The maximum Gasteiger partial charge on any atom is 0.125 e. The summed E-state index contributed by atoms with van der Waals surface area (Å²) >= 11 is 5.85. The molecule has 0 aromatic heterocycles. The highest BCUT2D eigenvalue weighted by Crippen LogP contribution is 2.57. The molecule has 1 aromatic rings. The minimum Gasteiger partial charge on any atom is -0.397 e. The van der Waals surface area contributed by atoms with Crippen molar-refractivity contribution in [2.75, 3.05) is 18.8 Å². The summed E-state index contributed by atoms with van der Waals surface area (Å²) in [5, 5.41) is 11.7. The second-order valence-electron chi connectivity index (χ2n) is 4.91. The number of rotatable bonds is 2. The number of piperidine rings is 1. The van der Waals surface area contributed by atoms with Crippen molar-refractivity contribution in [3.8, 4) is 0 Å². The van der Waals surface area contributed by atoms with Crippen LogP contribution in [0.25, 0.3) is 0 Å². The number of hydrogen-bond donors (Lipinski definition) is 3. The van der Waals surface area contributed by atoms with Crippen molar-refractivity contribution in [2.45, 2.75) is 6.42 Å². The Morgan fingerprint density at radius 3 is 2.94 bits per heavy atom. The number of nitrogens with two attached hydrogens (primary N) is 1. The minimum atomic E-state index is -0.441. The quantitative estimate of drug-likeness (QED) is 0.558. The molecule has 2 unspecified atom stereocenters. The fourth-order valence-corrected chi connectivity index (χ4v) is 2.99. The Kier molecular flexibility index (Phi) is 2.22. The second-order valence-corrected chi connectivity index (χ2v) is 5.32. The van der Waals surface area contributed by atoms with Crippen LogP contribution < -0.4 is 11.1 Å². The van der Waals surface area contributed by atoms with E-state index < -0.39 is 5.82 Å². The zero-order valence-electron chi connectivity index (χ0n) is 9.19. The third-order valence-corrected chi connectivity index (χ3v) is 4.24. The van der Waals surface area contributed by atoms with Crippen LogP contribution in [0.1, 0.15) is 12.0 Å². The molecule has 3 nitrogen and oxygen atoms in total. The fraction of sp³-hybridized carbons (Fsp3) is 0.417. The Morgan fingerprint density at radius 1 is 1.59 bits per heavy atom. The van der Waals surface area contributed by atoms with Gasteiger partial charge in [0, 0.05) is 23.2 Å². The smallest absolute Gasteiger partial charge is 0.125 e. The molecule has 4 N–H and O–H groups in total. The number of halogens is 2. The highest BCUT2D eigenvalue weighted by molar-refractivity contribution is 6.34. The Morgan fingerprint density at radius 2 is 2.35 bits per heavy atom. The van der Waals surface area contributed by atoms with Gasteiger partial charge >= 0.3 is 0 Å². The van der Waals surface area contributed by atoms with Crippen LogP contribution in [0.4, 0.5) is 10.1 Å². The van der Waals surface area contributed by atoms with Crippen molar-refractivity contribution in [1.29, 1.82) is 5.41 Å². The van der Waals surface area contributed by atoms with Crippen LogP contribution in [0.3, 0.4) is 0 Å². The zero-order valence-corrected chi connectivity index (χ0v) is 9.94. The van der Waals surface area contributed by atoms with Gasteiger partial charge in [-0.25, -0.2) is 4.39 Å². The molecule has 0 bridgehead atoms. The lowest BCUT2D eigenvalue weighted by molar-refractivity contribution is 0.626. The third-order valence-electron chi connectivity index (χ3n) is 3.92. The van der Waals surface area contributed by atoms with Gasteiger partial charge in [0.25, 0.3) is 0 Å². The van der Waals surface area contributed by atoms with Crippen LogP contribution in [-0.4, -0.2) is 18.8 Å². The van der Waals surface area contributed by atoms with E-state index in [9.17, 15) is 4.39 Å². The van der Waals surface area contributed by atoms with Crippen molar-refractivity contribution in [2.24, 2.45) is 11.3 Å². The molecule has 3 rings (SSSR count). The van der Waals surface area contributed by atoms with Gasteiger partial charge in [0.05, 0.1) is 10.7 Å². The summed E-state index contributed by atoms with van der Waals surface area (Å²) in [5.41, 5.74) is 6.88. The summed E-state index contributed by atoms with van der Waals surface area (Å²) in [5.74, 6) is 0.0555. The number of hydrogen-bond acceptors (Lipinski definition) is 3. The average Bonchev–Trinajstić information content (AvgIpc) is 2.86. The zero-order chi connectivity index (χ0) is 12.2. The van der Waals surface area contributed by atoms with Gasteiger partial charge in [-0.1, -0.05) is 11.6 Å². The van der Waals surface area contributed by atoms with Gasteiger partial charge in [-0.15, -0.1) is 0 Å². The predicted molar refractivity (Wildman–Crippen MR) is 66.1 cm³/mol. The van der Waals surface area contributed by atoms with Crippen molar-refractivity contribution in [1.82, 2.24) is 5.32 Å². The lowest BCUT2D eigenvalue weighted by atomic mass is 9.92. The van der Waals surface area contributed by atoms with E-state index in [-0.39, 0.29) is 10.4 Å². The van der Waals surface area contributed by atoms with E-state index in [2.05, 4.69) is 5.32 Å². The molecule has 2 aliphatic rings. The van der Waals surface area contributed by atoms with Crippen LogP contribution >= 0.6 is 11.6 Å². The Balaban J connectivity index is 2.02. The molecule has 0 radical (unpaired) electrons. The van der Waals surface area contributed by atoms with Crippen LogP contribution in [0.15, 0.2) is 12.1 Å². The number of nitrogen functional groups attached to an aromatic ring is 1. The molecule has 90 valence electrons.